The Bertz CT molecular complexity index is 1380. The summed E-state index contributed by atoms with van der Waals surface area (Å²) < 4.78 is 49.9. The van der Waals surface area contributed by atoms with Crippen molar-refractivity contribution in [3.8, 4) is 0 Å². The predicted octanol–water partition coefficient (Wildman–Crippen LogP) is 1.37. The Morgan fingerprint density at radius 2 is 1.86 bits per heavy atom. The fourth-order valence-electron chi connectivity index (χ4n) is 11.9. The summed E-state index contributed by atoms with van der Waals surface area (Å²) in [4.78, 5) is 26.7. The summed E-state index contributed by atoms with van der Waals surface area (Å²) >= 11 is 0. The van der Waals surface area contributed by atoms with Crippen LogP contribution in [0.3, 0.4) is 0 Å². The third-order valence-electron chi connectivity index (χ3n) is 13.5. The second kappa shape index (κ2) is 8.44. The van der Waals surface area contributed by atoms with Gasteiger partial charge in [0.25, 0.3) is 5.79 Å². The van der Waals surface area contributed by atoms with Gasteiger partial charge in [0.15, 0.2) is 5.60 Å². The number of carbonyl (C=O) groups excluding carboxylic acids is 2. The monoisotopic (exact) mass is 618 g/mol. The molecule has 3 saturated carbocycles. The van der Waals surface area contributed by atoms with Gasteiger partial charge in [-0.25, -0.2) is 9.59 Å². The van der Waals surface area contributed by atoms with Crippen molar-refractivity contribution in [1.82, 2.24) is 0 Å². The molecule has 15 atom stereocenters. The van der Waals surface area contributed by atoms with E-state index in [1.165, 1.54) is 20.5 Å². The Kier molecular flexibility index (Phi) is 5.63. The number of hydrogen-bond acceptors (Lipinski definition) is 12. The van der Waals surface area contributed by atoms with Crippen LogP contribution in [0.5, 0.6) is 0 Å². The molecule has 12 nitrogen and oxygen atoms in total. The fourth-order valence-corrected chi connectivity index (χ4v) is 11.9. The summed E-state index contributed by atoms with van der Waals surface area (Å²) in [5.74, 6) is -4.78. The van der Waals surface area contributed by atoms with Crippen LogP contribution in [0.25, 0.3) is 0 Å². The Labute approximate surface area is 255 Å². The molecule has 4 saturated heterocycles. The van der Waals surface area contributed by atoms with Crippen molar-refractivity contribution in [3.05, 3.63) is 24.5 Å². The van der Waals surface area contributed by atoms with Crippen LogP contribution in [0.4, 0.5) is 0 Å². The van der Waals surface area contributed by atoms with Crippen LogP contribution in [0.15, 0.2) is 24.5 Å². The molecule has 2 bridgehead atoms. The molecule has 0 aromatic carbocycles. The molecule has 8 aliphatic rings. The molecule has 7 fully saturated rings. The fraction of sp³-hybridized carbons (Fsp3) is 0.812. The van der Waals surface area contributed by atoms with E-state index in [0.717, 1.165) is 0 Å². The zero-order valence-electron chi connectivity index (χ0n) is 26.0. The van der Waals surface area contributed by atoms with Gasteiger partial charge in [-0.05, 0) is 39.2 Å². The Balaban J connectivity index is 1.34. The van der Waals surface area contributed by atoms with E-state index in [-0.39, 0.29) is 19.1 Å². The van der Waals surface area contributed by atoms with E-state index in [9.17, 15) is 19.8 Å². The lowest BCUT2D eigenvalue weighted by molar-refractivity contribution is -0.309. The topological polar surface area (TPSA) is 148 Å². The molecular formula is C32H42O12. The first-order valence-corrected chi connectivity index (χ1v) is 15.5. The highest BCUT2D eigenvalue weighted by Gasteiger charge is 2.92. The van der Waals surface area contributed by atoms with Gasteiger partial charge in [0.1, 0.15) is 17.3 Å². The van der Waals surface area contributed by atoms with E-state index in [1.807, 2.05) is 13.8 Å². The van der Waals surface area contributed by atoms with Crippen LogP contribution in [-0.2, 0) is 47.5 Å². The number of aliphatic hydroxyl groups is 2. The second-order valence-corrected chi connectivity index (χ2v) is 15.1. The minimum Gasteiger partial charge on any atom is -0.469 e. The number of fused-ring (bicyclic) bond motifs is 11. The average Bonchev–Trinajstić information content (AvgIpc) is 3.74. The number of rotatable bonds is 4. The van der Waals surface area contributed by atoms with Gasteiger partial charge in [0, 0.05) is 46.7 Å². The van der Waals surface area contributed by atoms with Gasteiger partial charge >= 0.3 is 11.9 Å². The minimum absolute atomic E-state index is 0.129. The van der Waals surface area contributed by atoms with E-state index in [4.69, 9.17) is 37.9 Å². The lowest BCUT2D eigenvalue weighted by Gasteiger charge is -2.64. The highest BCUT2D eigenvalue weighted by Crippen LogP contribution is 2.80. The minimum atomic E-state index is -1.89. The third kappa shape index (κ3) is 2.77. The standard InChI is InChI=1S/C32H42O12/c1-15(2)22(33)42-17-8-9-29-14-41-31(38-7,24(34)37-6)23(29)27(4)21(19-20(29)26(17,3)13-40-19)44-28(5)16-12-18(32(27,28)36)43-25-30(16,35)10-11-39-25/h10-11,16-21,23,25,35-36H,1,8-9,12-14H2,2-7H3/t16?,17-,18?,19?,20?,21?,23?,25?,26?,27?,28?,29?,30-,31-,32?/m0/s1. The summed E-state index contributed by atoms with van der Waals surface area (Å²) in [6.07, 6.45) is 0.634. The molecule has 2 N–H and O–H groups in total. The quantitative estimate of drug-likeness (QED) is 0.346. The molecule has 0 aromatic heterocycles. The SMILES string of the molecule is C=C(C)C(=O)O[C@H]1CCC23CO[C@](OC)(C(=O)OC)C2C2(C)C(OC4(C)C5CC(OC6OC=C[C@@]65O)C42O)C2OCC1(C)C23. The molecule has 8 rings (SSSR count). The zero-order chi connectivity index (χ0) is 31.5. The van der Waals surface area contributed by atoms with Crippen LogP contribution >= 0.6 is 0 Å². The Morgan fingerprint density at radius 3 is 2.55 bits per heavy atom. The van der Waals surface area contributed by atoms with E-state index in [2.05, 4.69) is 13.5 Å². The molecule has 12 unspecified atom stereocenters. The van der Waals surface area contributed by atoms with Gasteiger partial charge in [-0.15, -0.1) is 0 Å². The van der Waals surface area contributed by atoms with Crippen LogP contribution in [0.2, 0.25) is 0 Å². The molecule has 0 aromatic rings. The summed E-state index contributed by atoms with van der Waals surface area (Å²) in [5, 5.41) is 25.3. The Morgan fingerprint density at radius 1 is 1.11 bits per heavy atom. The maximum atomic E-state index is 13.9. The van der Waals surface area contributed by atoms with Gasteiger partial charge in [-0.1, -0.05) is 20.4 Å². The van der Waals surface area contributed by atoms with Crippen molar-refractivity contribution in [1.29, 1.82) is 0 Å². The highest BCUT2D eigenvalue weighted by atomic mass is 16.7. The van der Waals surface area contributed by atoms with Gasteiger partial charge in [-0.3, -0.25) is 0 Å². The van der Waals surface area contributed by atoms with Gasteiger partial charge in [-0.2, -0.15) is 0 Å². The molecule has 5 heterocycles. The number of methoxy groups -OCH3 is 2. The van der Waals surface area contributed by atoms with Gasteiger partial charge in [0.05, 0.1) is 44.9 Å². The summed E-state index contributed by atoms with van der Waals surface area (Å²) in [6, 6.07) is 0. The Hall–Kier alpha value is -2.06. The molecule has 0 amide bonds. The average molecular weight is 619 g/mol. The molecule has 5 aliphatic heterocycles. The van der Waals surface area contributed by atoms with Crippen LogP contribution < -0.4 is 0 Å². The van der Waals surface area contributed by atoms with Crippen molar-refractivity contribution < 1.29 is 57.7 Å². The van der Waals surface area contributed by atoms with Crippen LogP contribution in [0.1, 0.15) is 47.0 Å². The lowest BCUT2D eigenvalue weighted by atomic mass is 9.38. The molecule has 12 heteroatoms. The predicted molar refractivity (Wildman–Crippen MR) is 147 cm³/mol. The molecule has 1 spiro atoms. The zero-order valence-corrected chi connectivity index (χ0v) is 26.0. The first-order chi connectivity index (χ1) is 20.7. The second-order valence-electron chi connectivity index (χ2n) is 15.1. The summed E-state index contributed by atoms with van der Waals surface area (Å²) in [5.41, 5.74) is -7.05. The first-order valence-electron chi connectivity index (χ1n) is 15.5. The van der Waals surface area contributed by atoms with E-state index in [0.29, 0.717) is 24.8 Å². The summed E-state index contributed by atoms with van der Waals surface area (Å²) in [7, 11) is 2.70. The number of esters is 2. The molecule has 242 valence electrons. The number of ether oxygens (including phenoxy) is 8. The van der Waals surface area contributed by atoms with Crippen molar-refractivity contribution >= 4 is 11.9 Å². The smallest absolute Gasteiger partial charge is 0.366 e. The van der Waals surface area contributed by atoms with Crippen molar-refractivity contribution in [3.63, 3.8) is 0 Å². The third-order valence-corrected chi connectivity index (χ3v) is 13.5. The maximum absolute atomic E-state index is 13.9. The lowest BCUT2D eigenvalue weighted by Crippen LogP contribution is -2.76. The van der Waals surface area contributed by atoms with E-state index < -0.39 is 93.3 Å². The molecule has 44 heavy (non-hydrogen) atoms. The molecule has 0 radical (unpaired) electrons. The van der Waals surface area contributed by atoms with Crippen LogP contribution in [-0.4, -0.2) is 103 Å². The van der Waals surface area contributed by atoms with E-state index >= 15 is 0 Å². The molecule has 3 aliphatic carbocycles. The van der Waals surface area contributed by atoms with Gasteiger partial charge in [0.2, 0.25) is 6.29 Å². The number of carbonyl (C=O) groups is 2. The first kappa shape index (κ1) is 29.3. The van der Waals surface area contributed by atoms with Crippen molar-refractivity contribution in [2.75, 3.05) is 27.4 Å². The summed E-state index contributed by atoms with van der Waals surface area (Å²) in [6.45, 7) is 11.6. The largest absolute Gasteiger partial charge is 0.469 e. The molecular weight excluding hydrogens is 576 g/mol. The van der Waals surface area contributed by atoms with Gasteiger partial charge < -0.3 is 48.1 Å². The van der Waals surface area contributed by atoms with Crippen LogP contribution in [0, 0.1) is 34.0 Å². The normalized spacial score (nSPS) is 58.7. The highest BCUT2D eigenvalue weighted by molar-refractivity contribution is 5.87. The maximum Gasteiger partial charge on any atom is 0.366 e. The number of hydrogen-bond donors (Lipinski definition) is 2. The van der Waals surface area contributed by atoms with E-state index in [1.54, 1.807) is 13.0 Å². The van der Waals surface area contributed by atoms with Crippen molar-refractivity contribution in [2.24, 2.45) is 34.0 Å². The van der Waals surface area contributed by atoms with Crippen molar-refractivity contribution in [2.45, 2.75) is 100 Å².